The Morgan fingerprint density at radius 2 is 2.26 bits per heavy atom. The van der Waals surface area contributed by atoms with Gasteiger partial charge in [-0.25, -0.2) is 4.79 Å². The fourth-order valence-corrected chi connectivity index (χ4v) is 2.60. The van der Waals surface area contributed by atoms with Gasteiger partial charge in [-0.1, -0.05) is 17.7 Å². The van der Waals surface area contributed by atoms with E-state index in [4.69, 9.17) is 0 Å². The summed E-state index contributed by atoms with van der Waals surface area (Å²) in [6.07, 6.45) is 4.59. The second-order valence-corrected chi connectivity index (χ2v) is 5.25. The van der Waals surface area contributed by atoms with E-state index >= 15 is 0 Å². The van der Waals surface area contributed by atoms with Gasteiger partial charge in [0.15, 0.2) is 0 Å². The first-order valence-electron chi connectivity index (χ1n) is 6.53. The van der Waals surface area contributed by atoms with E-state index in [1.54, 1.807) is 18.3 Å². The molecule has 1 heterocycles. The maximum Gasteiger partial charge on any atom is 0.337 e. The van der Waals surface area contributed by atoms with Crippen LogP contribution in [-0.4, -0.2) is 16.1 Å². The monoisotopic (exact) mass is 257 g/mol. The smallest absolute Gasteiger partial charge is 0.337 e. The number of carboxylic acid groups (broad SMARTS) is 1. The molecule has 1 N–H and O–H groups in total. The molecule has 0 aliphatic heterocycles. The fourth-order valence-electron chi connectivity index (χ4n) is 2.60. The lowest BCUT2D eigenvalue weighted by Crippen LogP contribution is -2.13. The highest BCUT2D eigenvalue weighted by atomic mass is 16.4. The molecule has 19 heavy (non-hydrogen) atoms. The molecule has 0 fully saturated rings. The lowest BCUT2D eigenvalue weighted by Gasteiger charge is -2.26. The summed E-state index contributed by atoms with van der Waals surface area (Å²) < 4.78 is 0. The molecule has 3 heteroatoms. The molecule has 1 aromatic heterocycles. The third-order valence-electron chi connectivity index (χ3n) is 3.85. The Morgan fingerprint density at radius 3 is 2.89 bits per heavy atom. The van der Waals surface area contributed by atoms with Gasteiger partial charge in [-0.05, 0) is 56.7 Å². The van der Waals surface area contributed by atoms with Gasteiger partial charge >= 0.3 is 5.97 Å². The zero-order valence-electron chi connectivity index (χ0n) is 11.4. The maximum absolute atomic E-state index is 11.3. The van der Waals surface area contributed by atoms with Crippen LogP contribution in [0.5, 0.6) is 0 Å². The van der Waals surface area contributed by atoms with Crippen molar-refractivity contribution in [3.05, 3.63) is 47.3 Å². The Bertz CT molecular complexity index is 558. The third-order valence-corrected chi connectivity index (χ3v) is 3.85. The van der Waals surface area contributed by atoms with Crippen molar-refractivity contribution in [2.24, 2.45) is 5.92 Å². The van der Waals surface area contributed by atoms with E-state index in [9.17, 15) is 9.90 Å². The topological polar surface area (TPSA) is 50.2 Å². The Hall–Kier alpha value is -1.90. The average molecular weight is 257 g/mol. The summed E-state index contributed by atoms with van der Waals surface area (Å²) in [5.41, 5.74) is 4.41. The molecule has 0 saturated heterocycles. The summed E-state index contributed by atoms with van der Waals surface area (Å²) in [6, 6.07) is 3.29. The minimum absolute atomic E-state index is 0.291. The van der Waals surface area contributed by atoms with E-state index in [1.165, 1.54) is 5.57 Å². The number of nitrogens with zero attached hydrogens (tertiary/aromatic N) is 1. The maximum atomic E-state index is 11.3. The van der Waals surface area contributed by atoms with Crippen LogP contribution in [0.1, 0.15) is 49.2 Å². The quantitative estimate of drug-likeness (QED) is 0.835. The zero-order chi connectivity index (χ0) is 14.0. The van der Waals surface area contributed by atoms with E-state index in [0.29, 0.717) is 17.2 Å². The summed E-state index contributed by atoms with van der Waals surface area (Å²) in [7, 11) is 0. The van der Waals surface area contributed by atoms with E-state index in [1.807, 2.05) is 6.92 Å². The SMILES string of the molecule is C=C(C)[C@@H]1CCC(C)=C(c2ncccc2C(=O)O)C1. The highest BCUT2D eigenvalue weighted by Crippen LogP contribution is 2.38. The number of aromatic nitrogens is 1. The number of rotatable bonds is 3. The average Bonchev–Trinajstić information content (AvgIpc) is 2.39. The Kier molecular flexibility index (Phi) is 3.84. The molecule has 2 rings (SSSR count). The van der Waals surface area contributed by atoms with Crippen molar-refractivity contribution < 1.29 is 9.90 Å². The summed E-state index contributed by atoms with van der Waals surface area (Å²) in [5.74, 6) is -0.483. The summed E-state index contributed by atoms with van der Waals surface area (Å²) >= 11 is 0. The Balaban J connectivity index is 2.45. The van der Waals surface area contributed by atoms with Crippen LogP contribution in [0.2, 0.25) is 0 Å². The predicted molar refractivity (Wildman–Crippen MR) is 75.9 cm³/mol. The molecule has 0 spiro atoms. The van der Waals surface area contributed by atoms with Crippen LogP contribution in [0.25, 0.3) is 5.57 Å². The Labute approximate surface area is 113 Å². The van der Waals surface area contributed by atoms with Crippen molar-refractivity contribution in [3.8, 4) is 0 Å². The fraction of sp³-hybridized carbons (Fsp3) is 0.375. The second-order valence-electron chi connectivity index (χ2n) is 5.25. The number of allylic oxidation sites excluding steroid dienone is 3. The number of pyridine rings is 1. The molecule has 0 saturated carbocycles. The van der Waals surface area contributed by atoms with Gasteiger partial charge in [0.1, 0.15) is 0 Å². The third kappa shape index (κ3) is 2.75. The largest absolute Gasteiger partial charge is 0.478 e. The lowest BCUT2D eigenvalue weighted by atomic mass is 9.79. The number of carboxylic acids is 1. The lowest BCUT2D eigenvalue weighted by molar-refractivity contribution is 0.0696. The van der Waals surface area contributed by atoms with Gasteiger partial charge in [-0.2, -0.15) is 0 Å². The van der Waals surface area contributed by atoms with Gasteiger partial charge in [0.05, 0.1) is 11.3 Å². The van der Waals surface area contributed by atoms with Crippen LogP contribution >= 0.6 is 0 Å². The molecule has 1 atom stereocenters. The zero-order valence-corrected chi connectivity index (χ0v) is 11.4. The minimum atomic E-state index is -0.916. The Morgan fingerprint density at radius 1 is 1.53 bits per heavy atom. The first-order valence-corrected chi connectivity index (χ1v) is 6.53. The van der Waals surface area contributed by atoms with E-state index < -0.39 is 5.97 Å². The normalized spacial score (nSPS) is 19.4. The van der Waals surface area contributed by atoms with E-state index in [0.717, 1.165) is 30.4 Å². The standard InChI is InChI=1S/C16H19NO2/c1-10(2)12-7-6-11(3)14(9-12)15-13(16(18)19)5-4-8-17-15/h4-5,8,12H,1,6-7,9H2,2-3H3,(H,18,19)/t12-/m1/s1. The number of hydrogen-bond acceptors (Lipinski definition) is 2. The van der Waals surface area contributed by atoms with Crippen LogP contribution < -0.4 is 0 Å². The van der Waals surface area contributed by atoms with Gasteiger partial charge in [0, 0.05) is 6.20 Å². The molecule has 0 aromatic carbocycles. The molecule has 0 unspecified atom stereocenters. The van der Waals surface area contributed by atoms with Crippen molar-refractivity contribution in [3.63, 3.8) is 0 Å². The number of carbonyl (C=O) groups is 1. The first kappa shape index (κ1) is 13.5. The highest BCUT2D eigenvalue weighted by Gasteiger charge is 2.24. The van der Waals surface area contributed by atoms with Gasteiger partial charge < -0.3 is 5.11 Å². The van der Waals surface area contributed by atoms with E-state index in [-0.39, 0.29) is 0 Å². The molecule has 1 aliphatic rings. The number of aromatic carboxylic acids is 1. The molecular weight excluding hydrogens is 238 g/mol. The van der Waals surface area contributed by atoms with Crippen LogP contribution in [-0.2, 0) is 0 Å². The molecule has 3 nitrogen and oxygen atoms in total. The van der Waals surface area contributed by atoms with Crippen LogP contribution in [0, 0.1) is 5.92 Å². The molecule has 100 valence electrons. The molecule has 1 aliphatic carbocycles. The molecule has 0 radical (unpaired) electrons. The van der Waals surface area contributed by atoms with Crippen LogP contribution in [0.15, 0.2) is 36.1 Å². The molecule has 0 bridgehead atoms. The molecular formula is C16H19NO2. The summed E-state index contributed by atoms with van der Waals surface area (Å²) in [6.45, 7) is 8.15. The molecule has 0 amide bonds. The summed E-state index contributed by atoms with van der Waals surface area (Å²) in [5, 5.41) is 9.28. The van der Waals surface area contributed by atoms with Crippen molar-refractivity contribution in [1.29, 1.82) is 0 Å². The van der Waals surface area contributed by atoms with Crippen LogP contribution in [0.3, 0.4) is 0 Å². The minimum Gasteiger partial charge on any atom is -0.478 e. The van der Waals surface area contributed by atoms with Gasteiger partial charge in [0.2, 0.25) is 0 Å². The van der Waals surface area contributed by atoms with Crippen molar-refractivity contribution >= 4 is 11.5 Å². The second kappa shape index (κ2) is 5.39. The number of hydrogen-bond donors (Lipinski definition) is 1. The van der Waals surface area contributed by atoms with Gasteiger partial charge in [-0.15, -0.1) is 0 Å². The highest BCUT2D eigenvalue weighted by molar-refractivity contribution is 5.93. The van der Waals surface area contributed by atoms with Crippen LogP contribution in [0.4, 0.5) is 0 Å². The molecule has 1 aromatic rings. The van der Waals surface area contributed by atoms with Gasteiger partial charge in [0.25, 0.3) is 0 Å². The van der Waals surface area contributed by atoms with Crippen molar-refractivity contribution in [2.45, 2.75) is 33.1 Å². The van der Waals surface area contributed by atoms with Crippen molar-refractivity contribution in [1.82, 2.24) is 4.98 Å². The van der Waals surface area contributed by atoms with Gasteiger partial charge in [-0.3, -0.25) is 4.98 Å². The van der Waals surface area contributed by atoms with Crippen molar-refractivity contribution in [2.75, 3.05) is 0 Å². The predicted octanol–water partition coefficient (Wildman–Crippen LogP) is 3.93. The van der Waals surface area contributed by atoms with E-state index in [2.05, 4.69) is 18.5 Å². The first-order chi connectivity index (χ1) is 9.00. The summed E-state index contributed by atoms with van der Waals surface area (Å²) in [4.78, 5) is 15.6.